The van der Waals surface area contributed by atoms with E-state index < -0.39 is 5.60 Å². The zero-order valence-corrected chi connectivity index (χ0v) is 11.2. The Morgan fingerprint density at radius 2 is 1.69 bits per heavy atom. The molecule has 1 heteroatoms. The van der Waals surface area contributed by atoms with E-state index in [1.165, 1.54) is 25.7 Å². The van der Waals surface area contributed by atoms with Gasteiger partial charge in [0.1, 0.15) is 0 Å². The van der Waals surface area contributed by atoms with E-state index in [2.05, 4.69) is 27.7 Å². The molecule has 0 aromatic carbocycles. The monoisotopic (exact) mass is 222 g/mol. The third-order valence-electron chi connectivity index (χ3n) is 6.79. The first-order chi connectivity index (χ1) is 7.31. The first kappa shape index (κ1) is 11.1. The summed E-state index contributed by atoms with van der Waals surface area (Å²) in [6.07, 6.45) is 6.41. The highest BCUT2D eigenvalue weighted by molar-refractivity contribution is 5.16. The highest BCUT2D eigenvalue weighted by Crippen LogP contribution is 2.73. The average Bonchev–Trinajstić information content (AvgIpc) is 2.58. The number of hydrogen-bond acceptors (Lipinski definition) is 1. The van der Waals surface area contributed by atoms with Crippen molar-refractivity contribution >= 4 is 0 Å². The maximum absolute atomic E-state index is 10.6. The maximum Gasteiger partial charge on any atom is 0.0653 e. The summed E-state index contributed by atoms with van der Waals surface area (Å²) in [5.74, 6) is 2.29. The first-order valence-electron chi connectivity index (χ1n) is 7.03. The van der Waals surface area contributed by atoms with Gasteiger partial charge in [0.25, 0.3) is 0 Å². The lowest BCUT2D eigenvalue weighted by Crippen LogP contribution is -2.44. The summed E-state index contributed by atoms with van der Waals surface area (Å²) < 4.78 is 0. The van der Waals surface area contributed by atoms with Crippen LogP contribution in [-0.2, 0) is 0 Å². The van der Waals surface area contributed by atoms with Crippen LogP contribution < -0.4 is 0 Å². The van der Waals surface area contributed by atoms with Gasteiger partial charge in [-0.1, -0.05) is 20.8 Å². The van der Waals surface area contributed by atoms with Crippen molar-refractivity contribution in [2.45, 2.75) is 65.4 Å². The predicted molar refractivity (Wildman–Crippen MR) is 66.1 cm³/mol. The van der Waals surface area contributed by atoms with E-state index in [1.807, 2.05) is 0 Å². The molecule has 0 aliphatic heterocycles. The number of rotatable bonds is 0. The van der Waals surface area contributed by atoms with Crippen molar-refractivity contribution in [2.75, 3.05) is 0 Å². The molecule has 2 bridgehead atoms. The smallest absolute Gasteiger partial charge is 0.0653 e. The van der Waals surface area contributed by atoms with E-state index in [1.54, 1.807) is 0 Å². The summed E-state index contributed by atoms with van der Waals surface area (Å²) in [6.45, 7) is 9.38. The summed E-state index contributed by atoms with van der Waals surface area (Å²) >= 11 is 0. The van der Waals surface area contributed by atoms with Gasteiger partial charge in [-0.25, -0.2) is 0 Å². The summed E-state index contributed by atoms with van der Waals surface area (Å²) in [5, 5.41) is 10.6. The van der Waals surface area contributed by atoms with Gasteiger partial charge in [-0.15, -0.1) is 0 Å². The summed E-state index contributed by atoms with van der Waals surface area (Å²) in [4.78, 5) is 0. The van der Waals surface area contributed by atoms with Gasteiger partial charge in [0.15, 0.2) is 0 Å². The van der Waals surface area contributed by atoms with Crippen LogP contribution in [0.1, 0.15) is 59.8 Å². The summed E-state index contributed by atoms with van der Waals surface area (Å²) in [7, 11) is 0. The van der Waals surface area contributed by atoms with Crippen molar-refractivity contribution in [3.05, 3.63) is 0 Å². The van der Waals surface area contributed by atoms with Crippen molar-refractivity contribution < 1.29 is 5.11 Å². The second-order valence-corrected chi connectivity index (χ2v) is 7.70. The lowest BCUT2D eigenvalue weighted by atomic mass is 9.64. The van der Waals surface area contributed by atoms with Crippen LogP contribution in [0.2, 0.25) is 0 Å². The topological polar surface area (TPSA) is 20.2 Å². The molecule has 3 aliphatic rings. The molecule has 92 valence electrons. The highest BCUT2D eigenvalue weighted by atomic mass is 16.3. The number of fused-ring (bicyclic) bond motifs is 1. The molecule has 1 spiro atoms. The van der Waals surface area contributed by atoms with E-state index in [-0.39, 0.29) is 0 Å². The molecule has 3 saturated carbocycles. The lowest BCUT2D eigenvalue weighted by Gasteiger charge is -2.44. The molecule has 16 heavy (non-hydrogen) atoms. The molecule has 0 amide bonds. The fourth-order valence-corrected chi connectivity index (χ4v) is 5.88. The third kappa shape index (κ3) is 1.06. The fourth-order valence-electron chi connectivity index (χ4n) is 5.88. The van der Waals surface area contributed by atoms with Crippen LogP contribution >= 0.6 is 0 Å². The standard InChI is InChI=1S/C15H26O/c1-10-5-6-11-13(2,3)12-9-15(10,11)8-7-14(12,4)16/h10-12,16H,5-9H2,1-4H3/t10-,11?,12?,14+,15+/m1/s1. The molecule has 0 heterocycles. The van der Waals surface area contributed by atoms with E-state index in [0.29, 0.717) is 16.7 Å². The Morgan fingerprint density at radius 3 is 2.38 bits per heavy atom. The largest absolute Gasteiger partial charge is 0.390 e. The van der Waals surface area contributed by atoms with Gasteiger partial charge < -0.3 is 5.11 Å². The van der Waals surface area contributed by atoms with Crippen molar-refractivity contribution in [2.24, 2.45) is 28.6 Å². The Balaban J connectivity index is 2.07. The van der Waals surface area contributed by atoms with E-state index in [9.17, 15) is 5.11 Å². The third-order valence-corrected chi connectivity index (χ3v) is 6.79. The molecule has 0 radical (unpaired) electrons. The van der Waals surface area contributed by atoms with Crippen LogP contribution in [0.4, 0.5) is 0 Å². The molecule has 1 N–H and O–H groups in total. The molecule has 0 aromatic rings. The van der Waals surface area contributed by atoms with Crippen LogP contribution in [0.3, 0.4) is 0 Å². The zero-order chi connectivity index (χ0) is 11.8. The molecule has 2 unspecified atom stereocenters. The molecule has 3 fully saturated rings. The quantitative estimate of drug-likeness (QED) is 0.664. The van der Waals surface area contributed by atoms with Crippen LogP contribution in [0.15, 0.2) is 0 Å². The van der Waals surface area contributed by atoms with Crippen molar-refractivity contribution in [1.29, 1.82) is 0 Å². The molecular weight excluding hydrogens is 196 g/mol. The molecule has 0 aromatic heterocycles. The van der Waals surface area contributed by atoms with Crippen LogP contribution in [0.5, 0.6) is 0 Å². The molecule has 5 atom stereocenters. The normalized spacial score (nSPS) is 58.7. The second kappa shape index (κ2) is 2.85. The minimum Gasteiger partial charge on any atom is -0.390 e. The van der Waals surface area contributed by atoms with Gasteiger partial charge in [0, 0.05) is 0 Å². The first-order valence-corrected chi connectivity index (χ1v) is 7.03. The van der Waals surface area contributed by atoms with Gasteiger partial charge in [-0.3, -0.25) is 0 Å². The minimum absolute atomic E-state index is 0.352. The van der Waals surface area contributed by atoms with E-state index >= 15 is 0 Å². The number of aliphatic hydroxyl groups is 1. The highest BCUT2D eigenvalue weighted by Gasteiger charge is 2.67. The molecular formula is C15H26O. The second-order valence-electron chi connectivity index (χ2n) is 7.70. The molecule has 0 saturated heterocycles. The fraction of sp³-hybridized carbons (Fsp3) is 1.00. The molecule has 3 aliphatic carbocycles. The zero-order valence-electron chi connectivity index (χ0n) is 11.2. The van der Waals surface area contributed by atoms with E-state index in [4.69, 9.17) is 0 Å². The minimum atomic E-state index is -0.404. The van der Waals surface area contributed by atoms with Crippen LogP contribution in [-0.4, -0.2) is 10.7 Å². The predicted octanol–water partition coefficient (Wildman–Crippen LogP) is 3.61. The summed E-state index contributed by atoms with van der Waals surface area (Å²) in [6, 6.07) is 0. The Morgan fingerprint density at radius 1 is 1.00 bits per heavy atom. The Bertz CT molecular complexity index is 313. The average molecular weight is 222 g/mol. The summed E-state index contributed by atoms with van der Waals surface area (Å²) in [5.41, 5.74) is 0.542. The van der Waals surface area contributed by atoms with Gasteiger partial charge in [-0.2, -0.15) is 0 Å². The van der Waals surface area contributed by atoms with Gasteiger partial charge >= 0.3 is 0 Å². The Labute approximate surface area is 99.6 Å². The van der Waals surface area contributed by atoms with Crippen LogP contribution in [0.25, 0.3) is 0 Å². The van der Waals surface area contributed by atoms with Gasteiger partial charge in [0.2, 0.25) is 0 Å². The van der Waals surface area contributed by atoms with Crippen LogP contribution in [0, 0.1) is 28.6 Å². The molecule has 1 nitrogen and oxygen atoms in total. The Kier molecular flexibility index (Phi) is 1.98. The van der Waals surface area contributed by atoms with Crippen molar-refractivity contribution in [1.82, 2.24) is 0 Å². The van der Waals surface area contributed by atoms with Gasteiger partial charge in [-0.05, 0) is 67.6 Å². The van der Waals surface area contributed by atoms with E-state index in [0.717, 1.165) is 18.3 Å². The van der Waals surface area contributed by atoms with Gasteiger partial charge in [0.05, 0.1) is 5.60 Å². The Hall–Kier alpha value is -0.0400. The van der Waals surface area contributed by atoms with Crippen molar-refractivity contribution in [3.63, 3.8) is 0 Å². The van der Waals surface area contributed by atoms with Crippen molar-refractivity contribution in [3.8, 4) is 0 Å². The SMILES string of the molecule is C[C@@H]1CCC2C(C)(C)C3C[C@]21CC[C@]3(C)O. The maximum atomic E-state index is 10.6. The number of hydrogen-bond donors (Lipinski definition) is 1. The molecule has 3 rings (SSSR count). The lowest BCUT2D eigenvalue weighted by molar-refractivity contribution is -0.0717.